The van der Waals surface area contributed by atoms with Gasteiger partial charge in [-0.25, -0.2) is 14.2 Å². The number of hydrogen-bond donors (Lipinski definition) is 2. The van der Waals surface area contributed by atoms with Crippen molar-refractivity contribution < 1.29 is 22.4 Å². The number of carbonyl (C=O) groups is 1. The van der Waals surface area contributed by atoms with Gasteiger partial charge in [0, 0.05) is 55.4 Å². The standard InChI is InChI=1S/C25H22BrF4N7O/c26-19-14-33-37-22(32-13-15-2-1-7-31-12-15)11-21(35-23(19)37)16-5-8-36(9-6-16)24(38)34-17-3-4-20(27)18(10-17)25(28,29)30/h1-4,7,10-12,14,16,32H,5-6,8-9,13H2,(H,34,38). The molecule has 2 amide bonds. The van der Waals surface area contributed by atoms with Gasteiger partial charge in [-0.1, -0.05) is 6.07 Å². The number of pyridine rings is 1. The molecule has 13 heteroatoms. The topological polar surface area (TPSA) is 87.5 Å². The number of piperidine rings is 1. The van der Waals surface area contributed by atoms with E-state index in [9.17, 15) is 22.4 Å². The summed E-state index contributed by atoms with van der Waals surface area (Å²) >= 11 is 3.50. The maximum absolute atomic E-state index is 13.6. The number of urea groups is 1. The van der Waals surface area contributed by atoms with Crippen LogP contribution in [0.5, 0.6) is 0 Å². The number of alkyl halides is 3. The summed E-state index contributed by atoms with van der Waals surface area (Å²) in [5.74, 6) is -0.566. The lowest BCUT2D eigenvalue weighted by atomic mass is 9.93. The van der Waals surface area contributed by atoms with Gasteiger partial charge in [-0.3, -0.25) is 4.98 Å². The number of likely N-dealkylation sites (tertiary alicyclic amines) is 1. The van der Waals surface area contributed by atoms with Crippen LogP contribution in [0, 0.1) is 5.82 Å². The Labute approximate surface area is 223 Å². The molecular formula is C25H22BrF4N7O. The van der Waals surface area contributed by atoms with E-state index in [1.54, 1.807) is 23.1 Å². The van der Waals surface area contributed by atoms with Crippen LogP contribution in [0.25, 0.3) is 5.65 Å². The van der Waals surface area contributed by atoms with Crippen LogP contribution in [-0.2, 0) is 12.7 Å². The maximum atomic E-state index is 13.6. The molecule has 1 saturated heterocycles. The summed E-state index contributed by atoms with van der Waals surface area (Å²) in [6, 6.07) is 7.64. The number of nitrogens with zero attached hydrogens (tertiary/aromatic N) is 5. The smallest absolute Gasteiger partial charge is 0.366 e. The minimum Gasteiger partial charge on any atom is -0.366 e. The summed E-state index contributed by atoms with van der Waals surface area (Å²) in [5.41, 5.74) is 0.976. The normalized spacial score (nSPS) is 14.6. The van der Waals surface area contributed by atoms with E-state index in [1.807, 2.05) is 18.2 Å². The zero-order valence-electron chi connectivity index (χ0n) is 19.8. The molecule has 1 aromatic carbocycles. The quantitative estimate of drug-likeness (QED) is 0.275. The molecule has 1 aliphatic heterocycles. The predicted octanol–water partition coefficient (Wildman–Crippen LogP) is 6.07. The van der Waals surface area contributed by atoms with Gasteiger partial charge in [0.2, 0.25) is 0 Å². The summed E-state index contributed by atoms with van der Waals surface area (Å²) in [5, 5.41) is 10.2. The lowest BCUT2D eigenvalue weighted by Crippen LogP contribution is -2.40. The van der Waals surface area contributed by atoms with Crippen LogP contribution in [0.15, 0.2) is 59.5 Å². The van der Waals surface area contributed by atoms with Crippen molar-refractivity contribution in [2.45, 2.75) is 31.5 Å². The number of rotatable bonds is 5. The summed E-state index contributed by atoms with van der Waals surface area (Å²) in [6.07, 6.45) is 1.54. The average molecular weight is 592 g/mol. The molecule has 2 N–H and O–H groups in total. The number of carbonyl (C=O) groups excluding carboxylic acids is 1. The molecule has 0 saturated carbocycles. The predicted molar refractivity (Wildman–Crippen MR) is 136 cm³/mol. The van der Waals surface area contributed by atoms with E-state index in [-0.39, 0.29) is 11.6 Å². The van der Waals surface area contributed by atoms with E-state index < -0.39 is 23.6 Å². The zero-order valence-corrected chi connectivity index (χ0v) is 21.4. The molecule has 0 unspecified atom stereocenters. The van der Waals surface area contributed by atoms with Crippen molar-refractivity contribution in [2.75, 3.05) is 23.7 Å². The molecular weight excluding hydrogens is 570 g/mol. The number of fused-ring (bicyclic) bond motifs is 1. The third kappa shape index (κ3) is 5.57. The number of nitrogens with one attached hydrogen (secondary N) is 2. The van der Waals surface area contributed by atoms with Crippen LogP contribution in [0.1, 0.15) is 35.6 Å². The highest BCUT2D eigenvalue weighted by Crippen LogP contribution is 2.34. The van der Waals surface area contributed by atoms with E-state index >= 15 is 0 Å². The number of anilines is 2. The van der Waals surface area contributed by atoms with Crippen LogP contribution in [0.2, 0.25) is 0 Å². The fourth-order valence-corrected chi connectivity index (χ4v) is 4.73. The van der Waals surface area contributed by atoms with Gasteiger partial charge in [-0.2, -0.15) is 22.8 Å². The van der Waals surface area contributed by atoms with Crippen molar-refractivity contribution in [3.63, 3.8) is 0 Å². The van der Waals surface area contributed by atoms with Crippen molar-refractivity contribution in [1.82, 2.24) is 24.5 Å². The van der Waals surface area contributed by atoms with E-state index in [1.165, 1.54) is 4.90 Å². The van der Waals surface area contributed by atoms with Crippen molar-refractivity contribution in [3.05, 3.63) is 82.1 Å². The first-order valence-corrected chi connectivity index (χ1v) is 12.6. The largest absolute Gasteiger partial charge is 0.419 e. The highest BCUT2D eigenvalue weighted by molar-refractivity contribution is 9.10. The molecule has 8 nitrogen and oxygen atoms in total. The van der Waals surface area contributed by atoms with Gasteiger partial charge in [0.15, 0.2) is 5.65 Å². The van der Waals surface area contributed by atoms with Crippen LogP contribution in [-0.4, -0.2) is 43.6 Å². The van der Waals surface area contributed by atoms with Crippen LogP contribution in [0.3, 0.4) is 0 Å². The first kappa shape index (κ1) is 25.9. The van der Waals surface area contributed by atoms with Crippen molar-refractivity contribution in [2.24, 2.45) is 0 Å². The molecule has 4 aromatic rings. The molecule has 38 heavy (non-hydrogen) atoms. The summed E-state index contributed by atoms with van der Waals surface area (Å²) in [6.45, 7) is 1.31. The molecule has 0 bridgehead atoms. The molecule has 3 aromatic heterocycles. The van der Waals surface area contributed by atoms with E-state index in [2.05, 4.69) is 36.6 Å². The SMILES string of the molecule is O=C(Nc1ccc(F)c(C(F)(F)F)c1)N1CCC(c2cc(NCc3cccnc3)n3ncc(Br)c3n2)CC1. The lowest BCUT2D eigenvalue weighted by molar-refractivity contribution is -0.139. The van der Waals surface area contributed by atoms with Gasteiger partial charge in [-0.15, -0.1) is 0 Å². The zero-order chi connectivity index (χ0) is 26.9. The molecule has 5 rings (SSSR count). The van der Waals surface area contributed by atoms with Gasteiger partial charge in [0.05, 0.1) is 16.2 Å². The average Bonchev–Trinajstić information content (AvgIpc) is 3.29. The number of benzene rings is 1. The van der Waals surface area contributed by atoms with E-state index in [4.69, 9.17) is 4.98 Å². The maximum Gasteiger partial charge on any atom is 0.419 e. The minimum absolute atomic E-state index is 0.0624. The van der Waals surface area contributed by atoms with Gasteiger partial charge < -0.3 is 15.5 Å². The minimum atomic E-state index is -4.85. The fourth-order valence-electron chi connectivity index (χ4n) is 4.39. The number of halogens is 5. The number of amides is 2. The van der Waals surface area contributed by atoms with Crippen molar-refractivity contribution in [1.29, 1.82) is 0 Å². The van der Waals surface area contributed by atoms with Gasteiger partial charge >= 0.3 is 12.2 Å². The summed E-state index contributed by atoms with van der Waals surface area (Å²) in [7, 11) is 0. The first-order chi connectivity index (χ1) is 18.2. The van der Waals surface area contributed by atoms with Crippen LogP contribution >= 0.6 is 15.9 Å². The molecule has 1 fully saturated rings. The van der Waals surface area contributed by atoms with E-state index in [0.717, 1.165) is 27.6 Å². The molecule has 198 valence electrons. The van der Waals surface area contributed by atoms with Gasteiger partial charge in [0.1, 0.15) is 11.6 Å². The fraction of sp³-hybridized carbons (Fsp3) is 0.280. The third-order valence-corrected chi connectivity index (χ3v) is 6.93. The first-order valence-electron chi connectivity index (χ1n) is 11.8. The molecule has 0 spiro atoms. The Morgan fingerprint density at radius 2 is 1.92 bits per heavy atom. The molecule has 0 radical (unpaired) electrons. The second kappa shape index (κ2) is 10.6. The molecule has 1 aliphatic rings. The Kier molecular flexibility index (Phi) is 7.19. The Balaban J connectivity index is 1.27. The number of hydrogen-bond acceptors (Lipinski definition) is 5. The molecule has 4 heterocycles. The Bertz CT molecular complexity index is 1450. The lowest BCUT2D eigenvalue weighted by Gasteiger charge is -2.32. The second-order valence-corrected chi connectivity index (χ2v) is 9.75. The Hall–Kier alpha value is -3.74. The number of aromatic nitrogens is 4. The Morgan fingerprint density at radius 1 is 1.13 bits per heavy atom. The monoisotopic (exact) mass is 591 g/mol. The highest BCUT2D eigenvalue weighted by atomic mass is 79.9. The van der Waals surface area contributed by atoms with Crippen LogP contribution < -0.4 is 10.6 Å². The summed E-state index contributed by atoms with van der Waals surface area (Å²) < 4.78 is 55.0. The molecule has 0 atom stereocenters. The second-order valence-electron chi connectivity index (χ2n) is 8.89. The van der Waals surface area contributed by atoms with Crippen molar-refractivity contribution >= 4 is 39.1 Å². The van der Waals surface area contributed by atoms with Crippen molar-refractivity contribution in [3.8, 4) is 0 Å². The van der Waals surface area contributed by atoms with E-state index in [0.29, 0.717) is 50.3 Å². The van der Waals surface area contributed by atoms with Gasteiger partial charge in [-0.05, 0) is 58.6 Å². The van der Waals surface area contributed by atoms with Crippen LogP contribution in [0.4, 0.5) is 33.9 Å². The molecule has 0 aliphatic carbocycles. The highest BCUT2D eigenvalue weighted by Gasteiger charge is 2.34. The van der Waals surface area contributed by atoms with Gasteiger partial charge in [0.25, 0.3) is 0 Å². The summed E-state index contributed by atoms with van der Waals surface area (Å²) in [4.78, 5) is 23.2. The third-order valence-electron chi connectivity index (χ3n) is 6.37. The Morgan fingerprint density at radius 3 is 2.63 bits per heavy atom.